The van der Waals surface area contributed by atoms with E-state index in [0.717, 1.165) is 19.0 Å². The van der Waals surface area contributed by atoms with Gasteiger partial charge in [-0.1, -0.05) is 12.1 Å². The highest BCUT2D eigenvalue weighted by molar-refractivity contribution is 5.16. The summed E-state index contributed by atoms with van der Waals surface area (Å²) in [7, 11) is 2.01. The van der Waals surface area contributed by atoms with Crippen molar-refractivity contribution in [1.29, 1.82) is 0 Å². The van der Waals surface area contributed by atoms with E-state index in [4.69, 9.17) is 0 Å². The summed E-state index contributed by atoms with van der Waals surface area (Å²) < 4.78 is 12.8. The first-order valence-corrected chi connectivity index (χ1v) is 6.89. The average Bonchev–Trinajstić information content (AvgIpc) is 2.80. The molecule has 1 unspecified atom stereocenters. The number of hydrogen-bond acceptors (Lipinski definition) is 2. The summed E-state index contributed by atoms with van der Waals surface area (Å²) in [4.78, 5) is 2.48. The molecule has 0 radical (unpaired) electrons. The standard InChI is InChI=1S/C15H23FN2/c1-17-9-2-3-13-8-10-18(11-13)12-14-4-6-15(16)7-5-14/h4-7,13,17H,2-3,8-12H2,1H3. The lowest BCUT2D eigenvalue weighted by molar-refractivity contribution is 0.312. The van der Waals surface area contributed by atoms with E-state index in [9.17, 15) is 4.39 Å². The van der Waals surface area contributed by atoms with Crippen molar-refractivity contribution < 1.29 is 4.39 Å². The van der Waals surface area contributed by atoms with Crippen molar-refractivity contribution in [3.63, 3.8) is 0 Å². The van der Waals surface area contributed by atoms with Crippen molar-refractivity contribution in [2.45, 2.75) is 25.8 Å². The van der Waals surface area contributed by atoms with Gasteiger partial charge in [-0.05, 0) is 63.0 Å². The van der Waals surface area contributed by atoms with Gasteiger partial charge < -0.3 is 5.32 Å². The Bertz CT molecular complexity index is 350. The maximum Gasteiger partial charge on any atom is 0.123 e. The maximum absolute atomic E-state index is 12.8. The number of benzene rings is 1. The van der Waals surface area contributed by atoms with Gasteiger partial charge in [0, 0.05) is 13.1 Å². The molecule has 1 fully saturated rings. The normalized spacial score (nSPS) is 20.4. The van der Waals surface area contributed by atoms with Gasteiger partial charge in [0.15, 0.2) is 0 Å². The van der Waals surface area contributed by atoms with E-state index in [1.165, 1.54) is 37.9 Å². The second-order valence-corrected chi connectivity index (χ2v) is 5.26. The van der Waals surface area contributed by atoms with E-state index < -0.39 is 0 Å². The molecule has 0 bridgehead atoms. The Morgan fingerprint density at radius 3 is 2.83 bits per heavy atom. The van der Waals surface area contributed by atoms with Crippen molar-refractivity contribution in [2.75, 3.05) is 26.7 Å². The molecule has 0 spiro atoms. The van der Waals surface area contributed by atoms with Crippen LogP contribution in [0.3, 0.4) is 0 Å². The fourth-order valence-electron chi connectivity index (χ4n) is 2.71. The minimum atomic E-state index is -0.148. The summed E-state index contributed by atoms with van der Waals surface area (Å²) in [6.07, 6.45) is 3.90. The monoisotopic (exact) mass is 250 g/mol. The first-order valence-electron chi connectivity index (χ1n) is 6.89. The van der Waals surface area contributed by atoms with Gasteiger partial charge in [-0.15, -0.1) is 0 Å². The fraction of sp³-hybridized carbons (Fsp3) is 0.600. The van der Waals surface area contributed by atoms with Gasteiger partial charge in [0.05, 0.1) is 0 Å². The van der Waals surface area contributed by atoms with E-state index in [1.807, 2.05) is 19.2 Å². The number of likely N-dealkylation sites (tertiary alicyclic amines) is 1. The van der Waals surface area contributed by atoms with Crippen LogP contribution in [-0.4, -0.2) is 31.6 Å². The molecule has 1 atom stereocenters. The van der Waals surface area contributed by atoms with Crippen LogP contribution < -0.4 is 5.32 Å². The molecule has 0 aliphatic carbocycles. The lowest BCUT2D eigenvalue weighted by Gasteiger charge is -2.16. The van der Waals surface area contributed by atoms with Gasteiger partial charge in [-0.25, -0.2) is 4.39 Å². The van der Waals surface area contributed by atoms with Gasteiger partial charge in [-0.2, -0.15) is 0 Å². The molecule has 2 nitrogen and oxygen atoms in total. The minimum Gasteiger partial charge on any atom is -0.320 e. The maximum atomic E-state index is 12.8. The molecule has 3 heteroatoms. The number of nitrogens with zero attached hydrogens (tertiary/aromatic N) is 1. The molecule has 0 saturated carbocycles. The predicted octanol–water partition coefficient (Wildman–Crippen LogP) is 2.65. The zero-order chi connectivity index (χ0) is 12.8. The number of nitrogens with one attached hydrogen (secondary N) is 1. The molecular weight excluding hydrogens is 227 g/mol. The highest BCUT2D eigenvalue weighted by Crippen LogP contribution is 2.22. The highest BCUT2D eigenvalue weighted by Gasteiger charge is 2.21. The minimum absolute atomic E-state index is 0.148. The van der Waals surface area contributed by atoms with Crippen LogP contribution in [0.15, 0.2) is 24.3 Å². The second-order valence-electron chi connectivity index (χ2n) is 5.26. The van der Waals surface area contributed by atoms with Gasteiger partial charge >= 0.3 is 0 Å². The molecule has 1 aromatic rings. The van der Waals surface area contributed by atoms with E-state index in [2.05, 4.69) is 10.2 Å². The summed E-state index contributed by atoms with van der Waals surface area (Å²) >= 11 is 0. The third-order valence-electron chi connectivity index (χ3n) is 3.73. The zero-order valence-electron chi connectivity index (χ0n) is 11.2. The largest absolute Gasteiger partial charge is 0.320 e. The Balaban J connectivity index is 1.73. The molecule has 1 aliphatic heterocycles. The van der Waals surface area contributed by atoms with Crippen molar-refractivity contribution in [3.05, 3.63) is 35.6 Å². The first-order chi connectivity index (χ1) is 8.78. The summed E-state index contributed by atoms with van der Waals surface area (Å²) in [5, 5.41) is 3.20. The molecule has 0 amide bonds. The highest BCUT2D eigenvalue weighted by atomic mass is 19.1. The quantitative estimate of drug-likeness (QED) is 0.781. The lowest BCUT2D eigenvalue weighted by atomic mass is 10.0. The smallest absolute Gasteiger partial charge is 0.123 e. The lowest BCUT2D eigenvalue weighted by Crippen LogP contribution is -2.20. The third kappa shape index (κ3) is 4.07. The summed E-state index contributed by atoms with van der Waals surface area (Å²) in [6, 6.07) is 6.89. The molecule has 0 aromatic heterocycles. The molecule has 1 aliphatic rings. The van der Waals surface area contributed by atoms with Crippen molar-refractivity contribution in [2.24, 2.45) is 5.92 Å². The molecule has 1 N–H and O–H groups in total. The van der Waals surface area contributed by atoms with Gasteiger partial charge in [0.1, 0.15) is 5.82 Å². The average molecular weight is 250 g/mol. The summed E-state index contributed by atoms with van der Waals surface area (Å²) in [5.74, 6) is 0.698. The Hall–Kier alpha value is -0.930. The summed E-state index contributed by atoms with van der Waals surface area (Å²) in [6.45, 7) is 4.46. The van der Waals surface area contributed by atoms with Crippen LogP contribution in [-0.2, 0) is 6.54 Å². The molecule has 1 saturated heterocycles. The second kappa shape index (κ2) is 6.86. The number of rotatable bonds is 6. The van der Waals surface area contributed by atoms with Crippen molar-refractivity contribution in [1.82, 2.24) is 10.2 Å². The van der Waals surface area contributed by atoms with E-state index in [0.29, 0.717) is 0 Å². The van der Waals surface area contributed by atoms with Gasteiger partial charge in [-0.3, -0.25) is 4.90 Å². The van der Waals surface area contributed by atoms with Crippen LogP contribution in [0.1, 0.15) is 24.8 Å². The van der Waals surface area contributed by atoms with E-state index in [-0.39, 0.29) is 5.82 Å². The molecule has 1 heterocycles. The Morgan fingerprint density at radius 1 is 1.33 bits per heavy atom. The zero-order valence-corrected chi connectivity index (χ0v) is 11.2. The third-order valence-corrected chi connectivity index (χ3v) is 3.73. The van der Waals surface area contributed by atoms with Crippen LogP contribution in [0.5, 0.6) is 0 Å². The van der Waals surface area contributed by atoms with Crippen molar-refractivity contribution >= 4 is 0 Å². The van der Waals surface area contributed by atoms with Gasteiger partial charge in [0.2, 0.25) is 0 Å². The van der Waals surface area contributed by atoms with E-state index in [1.54, 1.807) is 12.1 Å². The van der Waals surface area contributed by atoms with Gasteiger partial charge in [0.25, 0.3) is 0 Å². The first kappa shape index (κ1) is 13.5. The van der Waals surface area contributed by atoms with Crippen molar-refractivity contribution in [3.8, 4) is 0 Å². The van der Waals surface area contributed by atoms with Crippen LogP contribution in [0.25, 0.3) is 0 Å². The predicted molar refractivity (Wildman–Crippen MR) is 72.9 cm³/mol. The Labute approximate surface area is 109 Å². The molecule has 100 valence electrons. The Morgan fingerprint density at radius 2 is 2.11 bits per heavy atom. The topological polar surface area (TPSA) is 15.3 Å². The summed E-state index contributed by atoms with van der Waals surface area (Å²) in [5.41, 5.74) is 1.22. The number of halogens is 1. The van der Waals surface area contributed by atoms with Crippen LogP contribution in [0, 0.1) is 11.7 Å². The van der Waals surface area contributed by atoms with Crippen LogP contribution in [0.4, 0.5) is 4.39 Å². The van der Waals surface area contributed by atoms with Crippen LogP contribution in [0.2, 0.25) is 0 Å². The van der Waals surface area contributed by atoms with E-state index >= 15 is 0 Å². The molecule has 18 heavy (non-hydrogen) atoms. The molecule has 1 aromatic carbocycles. The fourth-order valence-corrected chi connectivity index (χ4v) is 2.71. The van der Waals surface area contributed by atoms with Crippen LogP contribution >= 0.6 is 0 Å². The Kier molecular flexibility index (Phi) is 5.14. The number of hydrogen-bond donors (Lipinski definition) is 1. The molecule has 2 rings (SSSR count). The molecular formula is C15H23FN2. The SMILES string of the molecule is CNCCCC1CCN(Cc2ccc(F)cc2)C1.